The van der Waals surface area contributed by atoms with Crippen LogP contribution < -0.4 is 0 Å². The standard InChI is InChI=1S/C12H18O2/c1-9-3-5-11(13-7-9)12-6-4-10(2)8-14-12/h3-4,11-12H,5-8H2,1-2H3. The van der Waals surface area contributed by atoms with E-state index in [1.165, 1.54) is 11.1 Å². The predicted molar refractivity (Wildman–Crippen MR) is 56.2 cm³/mol. The van der Waals surface area contributed by atoms with Gasteiger partial charge in [-0.15, -0.1) is 0 Å². The van der Waals surface area contributed by atoms with Gasteiger partial charge in [-0.05, 0) is 26.7 Å². The van der Waals surface area contributed by atoms with Crippen molar-refractivity contribution in [3.8, 4) is 0 Å². The van der Waals surface area contributed by atoms with Crippen molar-refractivity contribution in [2.24, 2.45) is 0 Å². The highest BCUT2D eigenvalue weighted by Gasteiger charge is 2.25. The van der Waals surface area contributed by atoms with Gasteiger partial charge in [0.2, 0.25) is 0 Å². The molecular weight excluding hydrogens is 176 g/mol. The summed E-state index contributed by atoms with van der Waals surface area (Å²) in [7, 11) is 0. The average molecular weight is 194 g/mol. The third-order valence-electron chi connectivity index (χ3n) is 2.86. The summed E-state index contributed by atoms with van der Waals surface area (Å²) in [5, 5.41) is 0. The molecule has 2 aliphatic rings. The van der Waals surface area contributed by atoms with Gasteiger partial charge in [0.15, 0.2) is 0 Å². The van der Waals surface area contributed by atoms with Crippen molar-refractivity contribution >= 4 is 0 Å². The van der Waals surface area contributed by atoms with Crippen LogP contribution in [-0.4, -0.2) is 25.4 Å². The number of hydrogen-bond acceptors (Lipinski definition) is 2. The van der Waals surface area contributed by atoms with Crippen LogP contribution >= 0.6 is 0 Å². The van der Waals surface area contributed by atoms with Gasteiger partial charge in [-0.3, -0.25) is 0 Å². The Bertz CT molecular complexity index is 237. The average Bonchev–Trinajstić information content (AvgIpc) is 2.21. The summed E-state index contributed by atoms with van der Waals surface area (Å²) < 4.78 is 11.5. The van der Waals surface area contributed by atoms with Crippen LogP contribution in [-0.2, 0) is 9.47 Å². The van der Waals surface area contributed by atoms with Gasteiger partial charge in [-0.25, -0.2) is 0 Å². The normalized spacial score (nSPS) is 33.6. The van der Waals surface area contributed by atoms with Crippen molar-refractivity contribution in [1.82, 2.24) is 0 Å². The fraction of sp³-hybridized carbons (Fsp3) is 0.667. The molecule has 14 heavy (non-hydrogen) atoms. The summed E-state index contributed by atoms with van der Waals surface area (Å²) in [6.45, 7) is 5.77. The third-order valence-corrected chi connectivity index (χ3v) is 2.86. The Labute approximate surface area is 85.6 Å². The lowest BCUT2D eigenvalue weighted by Gasteiger charge is -2.31. The van der Waals surface area contributed by atoms with E-state index in [9.17, 15) is 0 Å². The third kappa shape index (κ3) is 2.25. The summed E-state index contributed by atoms with van der Waals surface area (Å²) in [5.74, 6) is 0. The van der Waals surface area contributed by atoms with Gasteiger partial charge in [0.05, 0.1) is 25.4 Å². The number of rotatable bonds is 1. The van der Waals surface area contributed by atoms with Gasteiger partial charge in [0.25, 0.3) is 0 Å². The number of ether oxygens (including phenoxy) is 2. The zero-order chi connectivity index (χ0) is 9.97. The van der Waals surface area contributed by atoms with E-state index < -0.39 is 0 Å². The van der Waals surface area contributed by atoms with Crippen molar-refractivity contribution in [1.29, 1.82) is 0 Å². The Hall–Kier alpha value is -0.600. The summed E-state index contributed by atoms with van der Waals surface area (Å²) in [5.41, 5.74) is 2.67. The molecule has 0 aliphatic carbocycles. The maximum Gasteiger partial charge on any atom is 0.0878 e. The van der Waals surface area contributed by atoms with E-state index in [0.29, 0.717) is 0 Å². The van der Waals surface area contributed by atoms with Gasteiger partial charge in [-0.1, -0.05) is 23.3 Å². The van der Waals surface area contributed by atoms with E-state index in [-0.39, 0.29) is 12.2 Å². The first-order valence-electron chi connectivity index (χ1n) is 5.30. The second-order valence-electron chi connectivity index (χ2n) is 4.27. The molecular formula is C12H18O2. The molecule has 2 heterocycles. The molecule has 0 bridgehead atoms. The zero-order valence-electron chi connectivity index (χ0n) is 8.95. The first-order valence-corrected chi connectivity index (χ1v) is 5.30. The van der Waals surface area contributed by atoms with Gasteiger partial charge >= 0.3 is 0 Å². The molecule has 0 amide bonds. The minimum atomic E-state index is 0.267. The van der Waals surface area contributed by atoms with Gasteiger partial charge in [0, 0.05) is 0 Å². The highest BCUT2D eigenvalue weighted by molar-refractivity contribution is 5.07. The van der Waals surface area contributed by atoms with E-state index in [4.69, 9.17) is 9.47 Å². The molecule has 2 rings (SSSR count). The molecule has 2 unspecified atom stereocenters. The van der Waals surface area contributed by atoms with Gasteiger partial charge in [-0.2, -0.15) is 0 Å². The Balaban J connectivity index is 1.91. The van der Waals surface area contributed by atoms with Crippen molar-refractivity contribution in [2.75, 3.05) is 13.2 Å². The van der Waals surface area contributed by atoms with Crippen LogP contribution in [0.4, 0.5) is 0 Å². The van der Waals surface area contributed by atoms with Gasteiger partial charge < -0.3 is 9.47 Å². The fourth-order valence-electron chi connectivity index (χ4n) is 1.88. The molecule has 2 heteroatoms. The molecule has 2 atom stereocenters. The molecule has 0 radical (unpaired) electrons. The molecule has 0 spiro atoms. The second kappa shape index (κ2) is 4.28. The monoisotopic (exact) mass is 194 g/mol. The van der Waals surface area contributed by atoms with E-state index in [2.05, 4.69) is 26.0 Å². The maximum atomic E-state index is 5.74. The minimum absolute atomic E-state index is 0.267. The van der Waals surface area contributed by atoms with E-state index in [1.807, 2.05) is 0 Å². The molecule has 0 aromatic rings. The summed E-state index contributed by atoms with van der Waals surface area (Å²) in [6.07, 6.45) is 7.07. The maximum absolute atomic E-state index is 5.74. The minimum Gasteiger partial charge on any atom is -0.371 e. The Morgan fingerprint density at radius 3 is 1.64 bits per heavy atom. The van der Waals surface area contributed by atoms with Crippen molar-refractivity contribution in [3.63, 3.8) is 0 Å². The number of hydrogen-bond donors (Lipinski definition) is 0. The summed E-state index contributed by atoms with van der Waals surface area (Å²) in [6, 6.07) is 0. The Morgan fingerprint density at radius 2 is 1.36 bits per heavy atom. The molecule has 0 aromatic carbocycles. The largest absolute Gasteiger partial charge is 0.371 e. The molecule has 2 nitrogen and oxygen atoms in total. The van der Waals surface area contributed by atoms with Crippen LogP contribution in [0.25, 0.3) is 0 Å². The lowest BCUT2D eigenvalue weighted by atomic mass is 10.0. The zero-order valence-corrected chi connectivity index (χ0v) is 8.95. The van der Waals surface area contributed by atoms with Crippen LogP contribution in [0.15, 0.2) is 23.3 Å². The Morgan fingerprint density at radius 1 is 0.929 bits per heavy atom. The van der Waals surface area contributed by atoms with Crippen molar-refractivity contribution in [3.05, 3.63) is 23.3 Å². The molecule has 78 valence electrons. The Kier molecular flexibility index (Phi) is 3.04. The molecule has 2 aliphatic heterocycles. The lowest BCUT2D eigenvalue weighted by Crippen LogP contribution is -2.35. The lowest BCUT2D eigenvalue weighted by molar-refractivity contribution is -0.0674. The van der Waals surface area contributed by atoms with Crippen LogP contribution in [0.2, 0.25) is 0 Å². The van der Waals surface area contributed by atoms with Crippen LogP contribution in [0.1, 0.15) is 26.7 Å². The molecule has 0 N–H and O–H groups in total. The predicted octanol–water partition coefficient (Wildman–Crippen LogP) is 2.46. The first kappa shape index (κ1) is 9.94. The van der Waals surface area contributed by atoms with Crippen molar-refractivity contribution < 1.29 is 9.47 Å². The quantitative estimate of drug-likeness (QED) is 0.597. The highest BCUT2D eigenvalue weighted by Crippen LogP contribution is 2.22. The van der Waals surface area contributed by atoms with Crippen LogP contribution in [0.5, 0.6) is 0 Å². The molecule has 0 aromatic heterocycles. The summed E-state index contributed by atoms with van der Waals surface area (Å²) in [4.78, 5) is 0. The smallest absolute Gasteiger partial charge is 0.0878 e. The summed E-state index contributed by atoms with van der Waals surface area (Å²) >= 11 is 0. The van der Waals surface area contributed by atoms with Crippen LogP contribution in [0, 0.1) is 0 Å². The molecule has 0 saturated carbocycles. The van der Waals surface area contributed by atoms with E-state index in [1.54, 1.807) is 0 Å². The highest BCUT2D eigenvalue weighted by atomic mass is 16.5. The molecule has 0 fully saturated rings. The second-order valence-corrected chi connectivity index (χ2v) is 4.27. The van der Waals surface area contributed by atoms with E-state index in [0.717, 1.165) is 26.1 Å². The SMILES string of the molecule is CC1=CCC(C2CC=C(C)CO2)OC1. The van der Waals surface area contributed by atoms with E-state index >= 15 is 0 Å². The molecule has 0 saturated heterocycles. The van der Waals surface area contributed by atoms with Crippen molar-refractivity contribution in [2.45, 2.75) is 38.9 Å². The fourth-order valence-corrected chi connectivity index (χ4v) is 1.88. The van der Waals surface area contributed by atoms with Gasteiger partial charge in [0.1, 0.15) is 0 Å². The topological polar surface area (TPSA) is 18.5 Å². The first-order chi connectivity index (χ1) is 6.75. The van der Waals surface area contributed by atoms with Crippen LogP contribution in [0.3, 0.4) is 0 Å².